The van der Waals surface area contributed by atoms with Crippen LogP contribution in [0.5, 0.6) is 0 Å². The van der Waals surface area contributed by atoms with Crippen LogP contribution < -0.4 is 5.32 Å². The molecule has 110 valence electrons. The zero-order chi connectivity index (χ0) is 15.0. The lowest BCUT2D eigenvalue weighted by Crippen LogP contribution is -2.52. The first kappa shape index (κ1) is 16.0. The van der Waals surface area contributed by atoms with Crippen molar-refractivity contribution in [3.8, 4) is 0 Å². The molecule has 1 aliphatic rings. The van der Waals surface area contributed by atoms with Gasteiger partial charge in [0.05, 0.1) is 12.1 Å². The zero-order valence-electron chi connectivity index (χ0n) is 13.3. The Kier molecular flexibility index (Phi) is 4.33. The molecule has 1 N–H and O–H groups in total. The molecule has 0 bridgehead atoms. The molecule has 0 unspecified atom stereocenters. The van der Waals surface area contributed by atoms with Crippen LogP contribution in [0.2, 0.25) is 0 Å². The number of hydrogen-bond acceptors (Lipinski definition) is 2. The summed E-state index contributed by atoms with van der Waals surface area (Å²) < 4.78 is 0. The SMILES string of the molecule is CCCC(=O)N1C(=O)N[C@H](C(C)(C)C)[C@H]1C(C)(C)C. The molecule has 0 aromatic carbocycles. The highest BCUT2D eigenvalue weighted by Gasteiger charge is 2.51. The predicted octanol–water partition coefficient (Wildman–Crippen LogP) is 3.17. The number of urea groups is 1. The lowest BCUT2D eigenvalue weighted by Gasteiger charge is -2.40. The smallest absolute Gasteiger partial charge is 0.324 e. The van der Waals surface area contributed by atoms with Crippen LogP contribution in [0, 0.1) is 10.8 Å². The Morgan fingerprint density at radius 3 is 2.05 bits per heavy atom. The molecule has 1 fully saturated rings. The summed E-state index contributed by atoms with van der Waals surface area (Å²) in [6, 6.07) is -0.349. The van der Waals surface area contributed by atoms with Crippen molar-refractivity contribution in [2.45, 2.75) is 73.4 Å². The maximum atomic E-state index is 12.3. The van der Waals surface area contributed by atoms with Gasteiger partial charge in [-0.05, 0) is 17.3 Å². The van der Waals surface area contributed by atoms with E-state index in [9.17, 15) is 9.59 Å². The van der Waals surface area contributed by atoms with Gasteiger partial charge in [-0.15, -0.1) is 0 Å². The van der Waals surface area contributed by atoms with E-state index in [0.29, 0.717) is 6.42 Å². The van der Waals surface area contributed by atoms with Crippen LogP contribution in [0.4, 0.5) is 4.79 Å². The summed E-state index contributed by atoms with van der Waals surface area (Å²) in [4.78, 5) is 25.9. The Labute approximate surface area is 116 Å². The van der Waals surface area contributed by atoms with Crippen LogP contribution in [-0.2, 0) is 4.79 Å². The van der Waals surface area contributed by atoms with Crippen LogP contribution in [0.15, 0.2) is 0 Å². The molecule has 1 saturated heterocycles. The van der Waals surface area contributed by atoms with Crippen LogP contribution in [0.3, 0.4) is 0 Å². The molecule has 0 spiro atoms. The minimum atomic E-state index is -0.238. The second kappa shape index (κ2) is 5.14. The van der Waals surface area contributed by atoms with Crippen molar-refractivity contribution in [2.24, 2.45) is 10.8 Å². The van der Waals surface area contributed by atoms with Crippen molar-refractivity contribution in [1.82, 2.24) is 10.2 Å². The number of rotatable bonds is 2. The van der Waals surface area contributed by atoms with Gasteiger partial charge in [-0.25, -0.2) is 4.79 Å². The number of amides is 3. The second-order valence-corrected chi connectivity index (χ2v) is 7.62. The first-order chi connectivity index (χ1) is 8.50. The van der Waals surface area contributed by atoms with E-state index in [2.05, 4.69) is 46.9 Å². The van der Waals surface area contributed by atoms with Gasteiger partial charge in [-0.3, -0.25) is 9.69 Å². The summed E-state index contributed by atoms with van der Waals surface area (Å²) in [6.45, 7) is 14.5. The molecule has 4 nitrogen and oxygen atoms in total. The molecular formula is C15H28N2O2. The summed E-state index contributed by atoms with van der Waals surface area (Å²) in [5.74, 6) is -0.0633. The Hall–Kier alpha value is -1.06. The molecule has 19 heavy (non-hydrogen) atoms. The Morgan fingerprint density at radius 2 is 1.68 bits per heavy atom. The first-order valence-electron chi connectivity index (χ1n) is 7.12. The van der Waals surface area contributed by atoms with Gasteiger partial charge in [0.2, 0.25) is 5.91 Å². The maximum absolute atomic E-state index is 12.3. The van der Waals surface area contributed by atoms with Crippen molar-refractivity contribution in [2.75, 3.05) is 0 Å². The Morgan fingerprint density at radius 1 is 1.16 bits per heavy atom. The van der Waals surface area contributed by atoms with E-state index in [4.69, 9.17) is 0 Å². The van der Waals surface area contributed by atoms with Crippen molar-refractivity contribution in [3.05, 3.63) is 0 Å². The molecule has 1 rings (SSSR count). The monoisotopic (exact) mass is 268 g/mol. The van der Waals surface area contributed by atoms with E-state index < -0.39 is 0 Å². The van der Waals surface area contributed by atoms with Crippen molar-refractivity contribution in [1.29, 1.82) is 0 Å². The van der Waals surface area contributed by atoms with E-state index in [1.165, 1.54) is 4.90 Å². The average Bonchev–Trinajstić information content (AvgIpc) is 2.55. The molecule has 0 radical (unpaired) electrons. The van der Waals surface area contributed by atoms with Crippen molar-refractivity contribution < 1.29 is 9.59 Å². The van der Waals surface area contributed by atoms with Gasteiger partial charge in [0, 0.05) is 6.42 Å². The highest BCUT2D eigenvalue weighted by Crippen LogP contribution is 2.38. The highest BCUT2D eigenvalue weighted by atomic mass is 16.2. The van der Waals surface area contributed by atoms with Gasteiger partial charge in [-0.1, -0.05) is 48.5 Å². The number of nitrogens with zero attached hydrogens (tertiary/aromatic N) is 1. The normalized spacial score (nSPS) is 24.6. The van der Waals surface area contributed by atoms with Crippen LogP contribution in [0.1, 0.15) is 61.3 Å². The highest BCUT2D eigenvalue weighted by molar-refractivity contribution is 5.97. The first-order valence-corrected chi connectivity index (χ1v) is 7.12. The third-order valence-electron chi connectivity index (χ3n) is 3.64. The molecular weight excluding hydrogens is 240 g/mol. The van der Waals surface area contributed by atoms with Crippen LogP contribution >= 0.6 is 0 Å². The minimum absolute atomic E-state index is 0.0131. The molecule has 0 aromatic heterocycles. The molecule has 0 aliphatic carbocycles. The number of nitrogens with one attached hydrogen (secondary N) is 1. The van der Waals surface area contributed by atoms with Crippen molar-refractivity contribution in [3.63, 3.8) is 0 Å². The molecule has 0 saturated carbocycles. The van der Waals surface area contributed by atoms with Gasteiger partial charge < -0.3 is 5.32 Å². The summed E-state index contributed by atoms with van der Waals surface area (Å²) in [7, 11) is 0. The van der Waals surface area contributed by atoms with Crippen LogP contribution in [-0.4, -0.2) is 28.9 Å². The average molecular weight is 268 g/mol. The summed E-state index contributed by atoms with van der Waals surface area (Å²) in [6.07, 6.45) is 1.19. The molecule has 3 amide bonds. The molecule has 0 aromatic rings. The quantitative estimate of drug-likeness (QED) is 0.836. The number of imide groups is 1. The minimum Gasteiger partial charge on any atom is -0.332 e. The number of carbonyl (C=O) groups excluding carboxylic acids is 2. The third-order valence-corrected chi connectivity index (χ3v) is 3.64. The fourth-order valence-electron chi connectivity index (χ4n) is 2.74. The van der Waals surface area contributed by atoms with E-state index in [1.54, 1.807) is 0 Å². The predicted molar refractivity (Wildman–Crippen MR) is 76.8 cm³/mol. The molecule has 2 atom stereocenters. The van der Waals surface area contributed by atoms with Gasteiger partial charge >= 0.3 is 6.03 Å². The standard InChI is InChI=1S/C15H28N2O2/c1-8-9-10(18)17-12(15(5,6)7)11(14(2,3)4)16-13(17)19/h11-12H,8-9H2,1-7H3,(H,16,19)/t11-,12-/m0/s1. The molecule has 1 aliphatic heterocycles. The second-order valence-electron chi connectivity index (χ2n) is 7.62. The largest absolute Gasteiger partial charge is 0.332 e. The summed E-state index contributed by atoms with van der Waals surface area (Å²) in [5, 5.41) is 3.01. The van der Waals surface area contributed by atoms with E-state index in [0.717, 1.165) is 6.42 Å². The van der Waals surface area contributed by atoms with Crippen LogP contribution in [0.25, 0.3) is 0 Å². The number of hydrogen-bond donors (Lipinski definition) is 1. The van der Waals surface area contributed by atoms with Gasteiger partial charge in [0.25, 0.3) is 0 Å². The maximum Gasteiger partial charge on any atom is 0.324 e. The zero-order valence-corrected chi connectivity index (χ0v) is 13.3. The van der Waals surface area contributed by atoms with E-state index in [-0.39, 0.29) is 34.9 Å². The van der Waals surface area contributed by atoms with E-state index in [1.807, 2.05) is 6.92 Å². The van der Waals surface area contributed by atoms with Gasteiger partial charge in [-0.2, -0.15) is 0 Å². The number of carbonyl (C=O) groups is 2. The fraction of sp³-hybridized carbons (Fsp3) is 0.867. The topological polar surface area (TPSA) is 49.4 Å². The van der Waals surface area contributed by atoms with Crippen molar-refractivity contribution >= 4 is 11.9 Å². The van der Waals surface area contributed by atoms with E-state index >= 15 is 0 Å². The van der Waals surface area contributed by atoms with Gasteiger partial charge in [0.15, 0.2) is 0 Å². The molecule has 1 heterocycles. The van der Waals surface area contributed by atoms with Gasteiger partial charge in [0.1, 0.15) is 0 Å². The fourth-order valence-corrected chi connectivity index (χ4v) is 2.74. The lowest BCUT2D eigenvalue weighted by atomic mass is 9.73. The third kappa shape index (κ3) is 3.28. The Balaban J connectivity index is 3.16. The lowest BCUT2D eigenvalue weighted by molar-refractivity contribution is -0.131. The molecule has 4 heteroatoms. The Bertz CT molecular complexity index is 363. The summed E-state index contributed by atoms with van der Waals surface area (Å²) >= 11 is 0. The summed E-state index contributed by atoms with van der Waals surface area (Å²) in [5.41, 5.74) is -0.213.